The first-order chi connectivity index (χ1) is 16.1. The maximum atomic E-state index is 12.0. The summed E-state index contributed by atoms with van der Waals surface area (Å²) in [5.74, 6) is -0.771. The summed E-state index contributed by atoms with van der Waals surface area (Å²) in [7, 11) is 0. The van der Waals surface area contributed by atoms with Gasteiger partial charge in [0.15, 0.2) is 0 Å². The van der Waals surface area contributed by atoms with Crippen molar-refractivity contribution in [2.75, 3.05) is 13.2 Å². The zero-order valence-electron chi connectivity index (χ0n) is 21.9. The highest BCUT2D eigenvalue weighted by Crippen LogP contribution is 2.13. The van der Waals surface area contributed by atoms with Gasteiger partial charge in [-0.3, -0.25) is 9.59 Å². The Kier molecular flexibility index (Phi) is 25.3. The van der Waals surface area contributed by atoms with E-state index < -0.39 is 11.2 Å². The molecule has 0 aliphatic heterocycles. The molecule has 0 heterocycles. The minimum absolute atomic E-state index is 0.0161. The molecular weight excluding hydrogens is 432 g/mol. The maximum absolute atomic E-state index is 12.0. The van der Waals surface area contributed by atoms with Crippen LogP contribution in [0.2, 0.25) is 0 Å². The highest BCUT2D eigenvalue weighted by molar-refractivity contribution is 7.81. The minimum atomic E-state index is -0.728. The Hall–Kier alpha value is -0.710. The van der Waals surface area contributed by atoms with E-state index in [-0.39, 0.29) is 12.4 Å². The van der Waals surface area contributed by atoms with Crippen LogP contribution in [0.3, 0.4) is 0 Å². The maximum Gasteiger partial charge on any atom is 0.319 e. The SMILES string of the molecule is CCCCCCCCCCCCOC(=O)C[C@@H](S)C(=O)OCCCCCCCCCCCC. The number of esters is 2. The van der Waals surface area contributed by atoms with Gasteiger partial charge in [-0.15, -0.1) is 0 Å². The van der Waals surface area contributed by atoms with Crippen LogP contribution in [-0.4, -0.2) is 30.4 Å². The Balaban J connectivity index is 3.46. The number of carbonyl (C=O) groups excluding carboxylic acids is 2. The van der Waals surface area contributed by atoms with E-state index >= 15 is 0 Å². The number of thiol groups is 1. The second-order valence-electron chi connectivity index (χ2n) is 9.47. The van der Waals surface area contributed by atoms with Crippen molar-refractivity contribution >= 4 is 24.6 Å². The molecule has 196 valence electrons. The standard InChI is InChI=1S/C28H54O4S/c1-3-5-7-9-11-13-15-17-19-21-23-31-27(29)25-26(33)28(30)32-24-22-20-18-16-14-12-10-8-6-4-2/h26,33H,3-25H2,1-2H3/t26-/m1/s1. The number of rotatable bonds is 25. The molecule has 0 saturated carbocycles. The van der Waals surface area contributed by atoms with Crippen LogP contribution < -0.4 is 0 Å². The molecule has 0 N–H and O–H groups in total. The van der Waals surface area contributed by atoms with E-state index in [1.807, 2.05) is 0 Å². The molecule has 0 unspecified atom stereocenters. The smallest absolute Gasteiger partial charge is 0.319 e. The van der Waals surface area contributed by atoms with Crippen molar-refractivity contribution in [1.29, 1.82) is 0 Å². The van der Waals surface area contributed by atoms with Gasteiger partial charge in [0, 0.05) is 0 Å². The van der Waals surface area contributed by atoms with Crippen molar-refractivity contribution in [1.82, 2.24) is 0 Å². The molecule has 1 atom stereocenters. The van der Waals surface area contributed by atoms with E-state index in [0.29, 0.717) is 13.2 Å². The van der Waals surface area contributed by atoms with Crippen molar-refractivity contribution in [3.8, 4) is 0 Å². The lowest BCUT2D eigenvalue weighted by molar-refractivity contribution is -0.149. The lowest BCUT2D eigenvalue weighted by Gasteiger charge is -2.11. The summed E-state index contributed by atoms with van der Waals surface area (Å²) >= 11 is 4.23. The molecule has 0 saturated heterocycles. The first-order valence-electron chi connectivity index (χ1n) is 14.1. The number of carbonyl (C=O) groups is 2. The first kappa shape index (κ1) is 32.3. The average Bonchev–Trinajstić information content (AvgIpc) is 2.80. The van der Waals surface area contributed by atoms with Crippen molar-refractivity contribution in [2.45, 2.75) is 154 Å². The number of unbranched alkanes of at least 4 members (excludes halogenated alkanes) is 18. The summed E-state index contributed by atoms with van der Waals surface area (Å²) in [6.07, 6.45) is 24.9. The summed E-state index contributed by atoms with van der Waals surface area (Å²) in [4.78, 5) is 23.9. The molecule has 0 aromatic heterocycles. The highest BCUT2D eigenvalue weighted by atomic mass is 32.1. The van der Waals surface area contributed by atoms with E-state index in [4.69, 9.17) is 9.47 Å². The number of hydrogen-bond donors (Lipinski definition) is 1. The number of ether oxygens (including phenoxy) is 2. The Labute approximate surface area is 210 Å². The largest absolute Gasteiger partial charge is 0.466 e. The normalized spacial score (nSPS) is 12.0. The second-order valence-corrected chi connectivity index (χ2v) is 10.1. The Morgan fingerprint density at radius 3 is 1.27 bits per heavy atom. The fourth-order valence-electron chi connectivity index (χ4n) is 3.93. The van der Waals surface area contributed by atoms with Gasteiger partial charge in [0.05, 0.1) is 19.6 Å². The van der Waals surface area contributed by atoms with E-state index in [1.165, 1.54) is 103 Å². The molecule has 5 heteroatoms. The molecule has 0 spiro atoms. The summed E-state index contributed by atoms with van der Waals surface area (Å²) in [5, 5.41) is -0.728. The van der Waals surface area contributed by atoms with Crippen LogP contribution in [-0.2, 0) is 19.1 Å². The van der Waals surface area contributed by atoms with Gasteiger partial charge in [-0.25, -0.2) is 0 Å². The first-order valence-corrected chi connectivity index (χ1v) is 14.6. The quantitative estimate of drug-likeness (QED) is 0.0797. The lowest BCUT2D eigenvalue weighted by atomic mass is 10.1. The summed E-state index contributed by atoms with van der Waals surface area (Å²) < 4.78 is 10.5. The monoisotopic (exact) mass is 486 g/mol. The van der Waals surface area contributed by atoms with Gasteiger partial charge >= 0.3 is 11.9 Å². The van der Waals surface area contributed by atoms with Crippen LogP contribution in [0.25, 0.3) is 0 Å². The molecule has 0 amide bonds. The van der Waals surface area contributed by atoms with Crippen LogP contribution in [0, 0.1) is 0 Å². The van der Waals surface area contributed by atoms with E-state index in [9.17, 15) is 9.59 Å². The molecule has 0 aliphatic rings. The molecular formula is C28H54O4S. The number of hydrogen-bond acceptors (Lipinski definition) is 5. The topological polar surface area (TPSA) is 52.6 Å². The third-order valence-corrected chi connectivity index (χ3v) is 6.53. The van der Waals surface area contributed by atoms with Crippen LogP contribution in [0.4, 0.5) is 0 Å². The summed E-state index contributed by atoms with van der Waals surface area (Å²) in [6, 6.07) is 0. The zero-order chi connectivity index (χ0) is 24.4. The van der Waals surface area contributed by atoms with Gasteiger partial charge in [0.1, 0.15) is 5.25 Å². The molecule has 0 fully saturated rings. The predicted molar refractivity (Wildman–Crippen MR) is 143 cm³/mol. The summed E-state index contributed by atoms with van der Waals surface area (Å²) in [5.41, 5.74) is 0. The van der Waals surface area contributed by atoms with Crippen molar-refractivity contribution in [3.63, 3.8) is 0 Å². The van der Waals surface area contributed by atoms with E-state index in [0.717, 1.165) is 25.7 Å². The molecule has 4 nitrogen and oxygen atoms in total. The van der Waals surface area contributed by atoms with E-state index in [2.05, 4.69) is 26.5 Å². The molecule has 0 aliphatic carbocycles. The van der Waals surface area contributed by atoms with Crippen LogP contribution in [0.1, 0.15) is 149 Å². The average molecular weight is 487 g/mol. The van der Waals surface area contributed by atoms with Gasteiger partial charge in [-0.1, -0.05) is 129 Å². The molecule has 0 bridgehead atoms. The third-order valence-electron chi connectivity index (χ3n) is 6.14. The summed E-state index contributed by atoms with van der Waals surface area (Å²) in [6.45, 7) is 5.34. The fraction of sp³-hybridized carbons (Fsp3) is 0.929. The van der Waals surface area contributed by atoms with E-state index in [1.54, 1.807) is 0 Å². The van der Waals surface area contributed by atoms with Crippen LogP contribution >= 0.6 is 12.6 Å². The van der Waals surface area contributed by atoms with Crippen molar-refractivity contribution in [3.05, 3.63) is 0 Å². The predicted octanol–water partition coefficient (Wildman–Crippen LogP) is 8.60. The second kappa shape index (κ2) is 25.9. The molecule has 0 aromatic rings. The van der Waals surface area contributed by atoms with Gasteiger partial charge < -0.3 is 9.47 Å². The third kappa shape index (κ3) is 24.2. The highest BCUT2D eigenvalue weighted by Gasteiger charge is 2.20. The Morgan fingerprint density at radius 2 is 0.879 bits per heavy atom. The van der Waals surface area contributed by atoms with Crippen LogP contribution in [0.5, 0.6) is 0 Å². The Bertz CT molecular complexity index is 442. The van der Waals surface area contributed by atoms with Crippen LogP contribution in [0.15, 0.2) is 0 Å². The molecule has 33 heavy (non-hydrogen) atoms. The van der Waals surface area contributed by atoms with Gasteiger partial charge in [-0.05, 0) is 12.8 Å². The molecule has 0 aromatic carbocycles. The van der Waals surface area contributed by atoms with Crippen molar-refractivity contribution in [2.24, 2.45) is 0 Å². The lowest BCUT2D eigenvalue weighted by Crippen LogP contribution is -2.23. The van der Waals surface area contributed by atoms with Crippen molar-refractivity contribution < 1.29 is 19.1 Å². The minimum Gasteiger partial charge on any atom is -0.466 e. The van der Waals surface area contributed by atoms with Gasteiger partial charge in [0.2, 0.25) is 0 Å². The van der Waals surface area contributed by atoms with Gasteiger partial charge in [-0.2, -0.15) is 12.6 Å². The fourth-order valence-corrected chi connectivity index (χ4v) is 4.16. The Morgan fingerprint density at radius 1 is 0.545 bits per heavy atom. The molecule has 0 radical (unpaired) electrons. The van der Waals surface area contributed by atoms with Gasteiger partial charge in [0.25, 0.3) is 0 Å². The zero-order valence-corrected chi connectivity index (χ0v) is 22.8. The molecule has 0 rings (SSSR count).